The molecule has 0 unspecified atom stereocenters. The molecule has 0 atom stereocenters. The summed E-state index contributed by atoms with van der Waals surface area (Å²) in [7, 11) is 0. The molecule has 2 aliphatic rings. The van der Waals surface area contributed by atoms with E-state index in [4.69, 9.17) is 58.8 Å². The van der Waals surface area contributed by atoms with Crippen molar-refractivity contribution in [2.75, 3.05) is 26.4 Å². The van der Waals surface area contributed by atoms with E-state index in [9.17, 15) is 0 Å². The van der Waals surface area contributed by atoms with Crippen molar-refractivity contribution in [3.05, 3.63) is 267 Å². The molecule has 15 aromatic rings. The van der Waals surface area contributed by atoms with Crippen LogP contribution in [0.4, 0.5) is 0 Å². The van der Waals surface area contributed by atoms with Crippen LogP contribution in [-0.4, -0.2) is 56.3 Å². The maximum absolute atomic E-state index is 7.24. The van der Waals surface area contributed by atoms with Crippen LogP contribution in [0.25, 0.3) is 179 Å². The molecule has 8 bridgehead atoms. The van der Waals surface area contributed by atoms with Crippen molar-refractivity contribution < 1.29 is 38.4 Å². The van der Waals surface area contributed by atoms with Gasteiger partial charge in [-0.3, -0.25) is 0 Å². The van der Waals surface area contributed by atoms with Gasteiger partial charge in [-0.05, 0) is 139 Å². The third-order valence-electron chi connectivity index (χ3n) is 28.2. The molecule has 0 saturated heterocycles. The molecule has 0 fully saturated rings. The number of fused-ring (bicyclic) bond motifs is 20. The van der Waals surface area contributed by atoms with Crippen molar-refractivity contribution in [2.45, 2.75) is 285 Å². The molecule has 0 saturated carbocycles. The van der Waals surface area contributed by atoms with Gasteiger partial charge in [0, 0.05) is 66.4 Å². The molecule has 141 heavy (non-hydrogen) atoms. The van der Waals surface area contributed by atoms with E-state index < -0.39 is 0 Å². The molecule has 0 amide bonds. The van der Waals surface area contributed by atoms with Gasteiger partial charge in [0.15, 0.2) is 23.0 Å². The number of rotatable bonds is 56. The van der Waals surface area contributed by atoms with Gasteiger partial charge in [-0.2, -0.15) is 0 Å². The number of unbranched alkanes of at least 4 members (excludes halogenated alkanes) is 36. The van der Waals surface area contributed by atoms with E-state index in [1.165, 1.54) is 180 Å². The molecular weight excluding hydrogens is 1780 g/mol. The topological polar surface area (TPSA) is 142 Å². The molecule has 0 aliphatic carbocycles. The van der Waals surface area contributed by atoms with E-state index in [0.29, 0.717) is 95.3 Å². The average Bonchev–Trinajstić information content (AvgIpc) is 1.56. The predicted molar refractivity (Wildman–Crippen MR) is 587 cm³/mol. The summed E-state index contributed by atoms with van der Waals surface area (Å²) >= 11 is 0. The Labute approximate surface area is 851 Å². The Morgan fingerprint density at radius 2 is 0.326 bits per heavy atom. The quantitative estimate of drug-likeness (QED) is 0.0264. The summed E-state index contributed by atoms with van der Waals surface area (Å²) in [5.41, 5.74) is 20.4. The Hall–Kier alpha value is -12.2. The van der Waals surface area contributed by atoms with Crippen LogP contribution in [0.3, 0.4) is 0 Å². The van der Waals surface area contributed by atoms with Crippen molar-refractivity contribution in [3.63, 3.8) is 0 Å². The largest absolute Gasteiger partial charge is 2.00 e. The standard InChI is InChI=1S/C128H144N8O4.Zn/c1-5-9-13-17-21-25-29-33-37-65-85-137-105-89-101-102(90-106(105)138-86-66-38-34-30-26-22-18-14-10-6-2)122-129-121(101)131-125-117-113(97-77-57-45-58-78-97)109(93-69-49-41-50-70-93)110(94-71-51-42-52-72-94)114(98-79-59-46-60-80-98)118(117)127(135-125)133-123-103-91-107(139-87-67-39-35-31-27-23-19-15-11-7-3)108(140-88-68-40-36-32-28-24-20-16-12-8-4)92-104(103)124(130-123)134-128-120-116(100-83-63-48-64-84-100)112(96-75-55-44-56-76-96)111(95-73-53-43-54-74-95)115(99-81-61-47-62-82-99)119(120)126(132-122)136-128;/h41-64,69-84,89-92H,5-40,65-68,85-88H2,1-4H3;/q-2;+2. The van der Waals surface area contributed by atoms with Gasteiger partial charge in [0.05, 0.1) is 49.7 Å². The molecule has 13 heteroatoms. The fraction of sp³-hybridized carbons (Fsp3) is 0.375. The summed E-state index contributed by atoms with van der Waals surface area (Å²) in [6, 6.07) is 95.3. The summed E-state index contributed by atoms with van der Waals surface area (Å²) in [4.78, 5) is 48.5. The molecule has 2 aliphatic heterocycles. The second-order valence-electron chi connectivity index (χ2n) is 38.7. The molecule has 12 aromatic carbocycles. The summed E-state index contributed by atoms with van der Waals surface area (Å²) in [5, 5.41) is 3.17. The fourth-order valence-electron chi connectivity index (χ4n) is 20.9. The third-order valence-corrected chi connectivity index (χ3v) is 28.2. The zero-order chi connectivity index (χ0) is 95.5. The van der Waals surface area contributed by atoms with E-state index in [2.05, 4.69) is 295 Å². The molecular formula is C128H144N8O4Zn. The molecule has 722 valence electrons. The molecule has 17 rings (SSSR count). The second-order valence-corrected chi connectivity index (χ2v) is 38.7. The van der Waals surface area contributed by atoms with E-state index >= 15 is 0 Å². The van der Waals surface area contributed by atoms with E-state index in [0.717, 1.165) is 210 Å². The Balaban J connectivity index is 0.0000143. The first-order valence-electron chi connectivity index (χ1n) is 54.0. The van der Waals surface area contributed by atoms with Crippen molar-refractivity contribution in [1.82, 2.24) is 39.9 Å². The SMILES string of the molecule is CCCCCCCCCCCCOc1cc2c(cc1OCCCCCCCCCCCC)-c1nc-2nc2[n-]c(nc3nc(nc4[n-]c(n1)c1c(-c5ccccc5)c(-c5ccccc5)c(-c5ccccc5)c(-c5ccccc5)c41)-c1cc(OCCCCCCCCCCCC)c(OCCCCCCCCCCCC)cc1-3)c1c(-c3ccccc3)c(-c3ccccc3)c(-c3ccccc3)c(-c3ccccc3)c21.[Zn+2]. The van der Waals surface area contributed by atoms with E-state index in [1.807, 2.05) is 0 Å². The van der Waals surface area contributed by atoms with Gasteiger partial charge in [0.25, 0.3) is 0 Å². The predicted octanol–water partition coefficient (Wildman–Crippen LogP) is 36.7. The summed E-state index contributed by atoms with van der Waals surface area (Å²) < 4.78 is 29.0. The minimum Gasteiger partial charge on any atom is -0.490 e. The van der Waals surface area contributed by atoms with Crippen LogP contribution >= 0.6 is 0 Å². The van der Waals surface area contributed by atoms with Gasteiger partial charge < -0.3 is 48.9 Å². The van der Waals surface area contributed by atoms with Crippen LogP contribution in [-0.2, 0) is 19.5 Å². The molecule has 0 N–H and O–H groups in total. The zero-order valence-corrected chi connectivity index (χ0v) is 87.4. The van der Waals surface area contributed by atoms with Crippen molar-refractivity contribution in [2.24, 2.45) is 0 Å². The minimum absolute atomic E-state index is 0. The van der Waals surface area contributed by atoms with Crippen molar-refractivity contribution >= 4 is 44.1 Å². The normalized spacial score (nSPS) is 11.6. The molecule has 0 radical (unpaired) electrons. The van der Waals surface area contributed by atoms with Gasteiger partial charge in [0.1, 0.15) is 0 Å². The zero-order valence-electron chi connectivity index (χ0n) is 84.4. The van der Waals surface area contributed by atoms with E-state index in [1.54, 1.807) is 0 Å². The maximum Gasteiger partial charge on any atom is 2.00 e. The van der Waals surface area contributed by atoms with Gasteiger partial charge in [-0.1, -0.05) is 501 Å². The smallest absolute Gasteiger partial charge is 0.490 e. The summed E-state index contributed by atoms with van der Waals surface area (Å²) in [5.74, 6) is 4.13. The summed E-state index contributed by atoms with van der Waals surface area (Å²) in [6.45, 7) is 11.2. The number of ether oxygens (including phenoxy) is 4. The number of hydrogen-bond donors (Lipinski definition) is 0. The van der Waals surface area contributed by atoms with Crippen molar-refractivity contribution in [3.8, 4) is 158 Å². The Morgan fingerprint density at radius 3 is 0.489 bits per heavy atom. The third kappa shape index (κ3) is 25.8. The van der Waals surface area contributed by atoms with Gasteiger partial charge in [-0.15, -0.1) is 0 Å². The number of nitrogens with zero attached hydrogens (tertiary/aromatic N) is 8. The van der Waals surface area contributed by atoms with Crippen LogP contribution < -0.4 is 28.9 Å². The summed E-state index contributed by atoms with van der Waals surface area (Å²) in [6.07, 6.45) is 48.4. The van der Waals surface area contributed by atoms with E-state index in [-0.39, 0.29) is 19.5 Å². The van der Waals surface area contributed by atoms with Crippen LogP contribution in [0.5, 0.6) is 23.0 Å². The number of hydrogen-bond acceptors (Lipinski definition) is 10. The van der Waals surface area contributed by atoms with Gasteiger partial charge in [0.2, 0.25) is 0 Å². The monoisotopic (exact) mass is 1920 g/mol. The second kappa shape index (κ2) is 53.6. The first-order valence-corrected chi connectivity index (χ1v) is 54.0. The van der Waals surface area contributed by atoms with Crippen LogP contribution in [0.1, 0.15) is 285 Å². The molecule has 5 heterocycles. The molecule has 0 spiro atoms. The van der Waals surface area contributed by atoms with Gasteiger partial charge in [-0.25, -0.2) is 9.97 Å². The number of aromatic nitrogens is 8. The van der Waals surface area contributed by atoms with Crippen LogP contribution in [0.15, 0.2) is 267 Å². The Kier molecular flexibility index (Phi) is 38.7. The van der Waals surface area contributed by atoms with Gasteiger partial charge >= 0.3 is 19.5 Å². The Bertz CT molecular complexity index is 5830. The van der Waals surface area contributed by atoms with Crippen LogP contribution in [0, 0.1) is 0 Å². The average molecular weight is 1920 g/mol. The first-order chi connectivity index (χ1) is 69.5. The van der Waals surface area contributed by atoms with Crippen molar-refractivity contribution in [1.29, 1.82) is 0 Å². The number of benzene rings is 12. The molecule has 12 nitrogen and oxygen atoms in total. The Morgan fingerprint density at radius 1 is 0.177 bits per heavy atom. The fourth-order valence-corrected chi connectivity index (χ4v) is 20.9. The van der Waals surface area contributed by atoms with Crippen LogP contribution in [0.2, 0.25) is 0 Å². The maximum atomic E-state index is 7.24. The minimum atomic E-state index is 0. The first kappa shape index (κ1) is 102. The molecule has 3 aromatic heterocycles.